The molecule has 0 N–H and O–H groups in total. The summed E-state index contributed by atoms with van der Waals surface area (Å²) in [6.07, 6.45) is 3.69. The van der Waals surface area contributed by atoms with E-state index in [9.17, 15) is 4.79 Å². The van der Waals surface area contributed by atoms with Crippen molar-refractivity contribution in [2.24, 2.45) is 0 Å². The quantitative estimate of drug-likeness (QED) is 0.700. The topological polar surface area (TPSA) is 17.1 Å². The number of ketones is 1. The molecule has 3 rings (SSSR count). The standard InChI is InChI=1S/C13H11BrO/c14-9-4-5-10-8(6-9)7-12-11(10)2-1-3-13(12)15/h4-6H,1-3,7H2. The van der Waals surface area contributed by atoms with Crippen LogP contribution in [0.3, 0.4) is 0 Å². The summed E-state index contributed by atoms with van der Waals surface area (Å²) in [5.41, 5.74) is 5.01. The Balaban J connectivity index is 2.14. The van der Waals surface area contributed by atoms with Crippen LogP contribution in [0.2, 0.25) is 0 Å². The number of carbonyl (C=O) groups excluding carboxylic acids is 1. The predicted molar refractivity (Wildman–Crippen MR) is 63.6 cm³/mol. The molecule has 0 radical (unpaired) electrons. The molecule has 2 aliphatic rings. The van der Waals surface area contributed by atoms with Crippen LogP contribution in [0.15, 0.2) is 28.2 Å². The molecule has 0 aliphatic heterocycles. The number of benzene rings is 1. The SMILES string of the molecule is O=C1CCCC2=C1Cc1cc(Br)ccc12. The molecule has 2 heteroatoms. The van der Waals surface area contributed by atoms with E-state index in [2.05, 4.69) is 34.1 Å². The second-order valence-electron chi connectivity index (χ2n) is 4.21. The van der Waals surface area contributed by atoms with Crippen molar-refractivity contribution in [2.45, 2.75) is 25.7 Å². The first-order valence-electron chi connectivity index (χ1n) is 5.30. The monoisotopic (exact) mass is 262 g/mol. The second-order valence-corrected chi connectivity index (χ2v) is 5.13. The maximum absolute atomic E-state index is 11.8. The van der Waals surface area contributed by atoms with Gasteiger partial charge in [-0.25, -0.2) is 0 Å². The van der Waals surface area contributed by atoms with Gasteiger partial charge in [-0.15, -0.1) is 0 Å². The first kappa shape index (κ1) is 9.34. The lowest BCUT2D eigenvalue weighted by molar-refractivity contribution is -0.115. The summed E-state index contributed by atoms with van der Waals surface area (Å²) < 4.78 is 1.11. The highest BCUT2D eigenvalue weighted by molar-refractivity contribution is 9.10. The number of hydrogen-bond donors (Lipinski definition) is 0. The molecule has 0 heterocycles. The van der Waals surface area contributed by atoms with Gasteiger partial charge in [-0.3, -0.25) is 4.79 Å². The van der Waals surface area contributed by atoms with Crippen LogP contribution < -0.4 is 0 Å². The third kappa shape index (κ3) is 1.39. The third-order valence-corrected chi connectivity index (χ3v) is 3.78. The number of hydrogen-bond acceptors (Lipinski definition) is 1. The lowest BCUT2D eigenvalue weighted by atomic mass is 9.91. The van der Waals surface area contributed by atoms with Gasteiger partial charge in [0.15, 0.2) is 5.78 Å². The van der Waals surface area contributed by atoms with Gasteiger partial charge >= 0.3 is 0 Å². The van der Waals surface area contributed by atoms with Crippen LogP contribution in [0, 0.1) is 0 Å². The Hall–Kier alpha value is -0.890. The average Bonchev–Trinajstić information content (AvgIpc) is 2.57. The van der Waals surface area contributed by atoms with Crippen LogP contribution in [0.1, 0.15) is 30.4 Å². The molecule has 0 amide bonds. The smallest absolute Gasteiger partial charge is 0.159 e. The highest BCUT2D eigenvalue weighted by Gasteiger charge is 2.28. The van der Waals surface area contributed by atoms with Crippen LogP contribution >= 0.6 is 15.9 Å². The molecular weight excluding hydrogens is 252 g/mol. The molecule has 0 atom stereocenters. The Labute approximate surface area is 97.3 Å². The van der Waals surface area contributed by atoms with Crippen molar-refractivity contribution in [3.05, 3.63) is 39.4 Å². The summed E-state index contributed by atoms with van der Waals surface area (Å²) in [5.74, 6) is 0.364. The van der Waals surface area contributed by atoms with Gasteiger partial charge in [-0.1, -0.05) is 22.0 Å². The van der Waals surface area contributed by atoms with Crippen LogP contribution in [-0.2, 0) is 11.2 Å². The van der Waals surface area contributed by atoms with Crippen LogP contribution in [-0.4, -0.2) is 5.78 Å². The van der Waals surface area contributed by atoms with Crippen molar-refractivity contribution >= 4 is 27.3 Å². The molecule has 76 valence electrons. The molecule has 0 aromatic heterocycles. The summed E-state index contributed by atoms with van der Waals surface area (Å²) in [6, 6.07) is 6.34. The summed E-state index contributed by atoms with van der Waals surface area (Å²) in [7, 11) is 0. The van der Waals surface area contributed by atoms with Crippen LogP contribution in [0.25, 0.3) is 5.57 Å². The zero-order chi connectivity index (χ0) is 10.4. The first-order chi connectivity index (χ1) is 7.25. The van der Waals surface area contributed by atoms with Gasteiger partial charge in [0.25, 0.3) is 0 Å². The van der Waals surface area contributed by atoms with Crippen molar-refractivity contribution in [1.29, 1.82) is 0 Å². The Bertz CT molecular complexity index is 485. The van der Waals surface area contributed by atoms with E-state index < -0.39 is 0 Å². The summed E-state index contributed by atoms with van der Waals surface area (Å²) >= 11 is 3.48. The summed E-state index contributed by atoms with van der Waals surface area (Å²) in [4.78, 5) is 11.8. The number of halogens is 1. The van der Waals surface area contributed by atoms with E-state index >= 15 is 0 Å². The molecule has 1 aromatic carbocycles. The van der Waals surface area contributed by atoms with Gasteiger partial charge in [0, 0.05) is 22.9 Å². The number of rotatable bonds is 0. The summed E-state index contributed by atoms with van der Waals surface area (Å²) in [6.45, 7) is 0. The van der Waals surface area contributed by atoms with Crippen molar-refractivity contribution in [2.75, 3.05) is 0 Å². The second kappa shape index (κ2) is 3.31. The molecule has 0 spiro atoms. The van der Waals surface area contributed by atoms with Gasteiger partial charge in [0.1, 0.15) is 0 Å². The number of fused-ring (bicyclic) bond motifs is 2. The van der Waals surface area contributed by atoms with Crippen molar-refractivity contribution in [1.82, 2.24) is 0 Å². The van der Waals surface area contributed by atoms with E-state index in [4.69, 9.17) is 0 Å². The fourth-order valence-electron chi connectivity index (χ4n) is 2.59. The predicted octanol–water partition coefficient (Wildman–Crippen LogP) is 3.51. The fourth-order valence-corrected chi connectivity index (χ4v) is 3.00. The van der Waals surface area contributed by atoms with E-state index in [1.807, 2.05) is 0 Å². The first-order valence-corrected chi connectivity index (χ1v) is 6.09. The van der Waals surface area contributed by atoms with E-state index in [1.165, 1.54) is 16.7 Å². The van der Waals surface area contributed by atoms with Crippen molar-refractivity contribution in [3.8, 4) is 0 Å². The third-order valence-electron chi connectivity index (χ3n) is 3.29. The van der Waals surface area contributed by atoms with Gasteiger partial charge in [-0.2, -0.15) is 0 Å². The maximum atomic E-state index is 11.8. The number of allylic oxidation sites excluding steroid dienone is 2. The highest BCUT2D eigenvalue weighted by Crippen LogP contribution is 2.40. The molecule has 1 aromatic rings. The number of carbonyl (C=O) groups is 1. The lowest BCUT2D eigenvalue weighted by Crippen LogP contribution is -2.08. The Kier molecular flexibility index (Phi) is 2.06. The van der Waals surface area contributed by atoms with E-state index in [1.54, 1.807) is 0 Å². The Morgan fingerprint density at radius 1 is 1.13 bits per heavy atom. The molecule has 2 aliphatic carbocycles. The minimum absolute atomic E-state index is 0.364. The van der Waals surface area contributed by atoms with Crippen molar-refractivity contribution < 1.29 is 4.79 Å². The lowest BCUT2D eigenvalue weighted by Gasteiger charge is -2.12. The van der Waals surface area contributed by atoms with Gasteiger partial charge in [0.2, 0.25) is 0 Å². The van der Waals surface area contributed by atoms with Crippen LogP contribution in [0.5, 0.6) is 0 Å². The largest absolute Gasteiger partial charge is 0.295 e. The van der Waals surface area contributed by atoms with E-state index in [0.29, 0.717) is 5.78 Å². The molecular formula is C13H11BrO. The minimum Gasteiger partial charge on any atom is -0.295 e. The molecule has 0 fully saturated rings. The zero-order valence-electron chi connectivity index (χ0n) is 8.35. The highest BCUT2D eigenvalue weighted by atomic mass is 79.9. The molecule has 15 heavy (non-hydrogen) atoms. The molecule has 0 saturated carbocycles. The maximum Gasteiger partial charge on any atom is 0.159 e. The average molecular weight is 263 g/mol. The van der Waals surface area contributed by atoms with Crippen LogP contribution in [0.4, 0.5) is 0 Å². The Morgan fingerprint density at radius 3 is 2.87 bits per heavy atom. The molecule has 0 unspecified atom stereocenters. The zero-order valence-corrected chi connectivity index (χ0v) is 9.93. The molecule has 0 bridgehead atoms. The van der Waals surface area contributed by atoms with E-state index in [-0.39, 0.29) is 0 Å². The molecule has 0 saturated heterocycles. The normalized spacial score (nSPS) is 19.1. The minimum atomic E-state index is 0.364. The van der Waals surface area contributed by atoms with Crippen molar-refractivity contribution in [3.63, 3.8) is 0 Å². The van der Waals surface area contributed by atoms with Gasteiger partial charge < -0.3 is 0 Å². The fraction of sp³-hybridized carbons (Fsp3) is 0.308. The van der Waals surface area contributed by atoms with E-state index in [0.717, 1.165) is 35.7 Å². The van der Waals surface area contributed by atoms with Gasteiger partial charge in [0.05, 0.1) is 0 Å². The summed E-state index contributed by atoms with van der Waals surface area (Å²) in [5, 5.41) is 0. The van der Waals surface area contributed by atoms with Gasteiger partial charge in [-0.05, 0) is 41.7 Å². The Morgan fingerprint density at radius 2 is 2.00 bits per heavy atom. The molecule has 1 nitrogen and oxygen atoms in total. The number of Topliss-reactive ketones (excluding diaryl/α,β-unsaturated/α-hetero) is 1.